The summed E-state index contributed by atoms with van der Waals surface area (Å²) in [7, 11) is 0. The molecule has 0 unspecified atom stereocenters. The minimum atomic E-state index is -0.425. The molecule has 2 amide bonds. The van der Waals surface area contributed by atoms with Gasteiger partial charge in [-0.3, -0.25) is 14.5 Å². The van der Waals surface area contributed by atoms with Gasteiger partial charge in [0, 0.05) is 66.9 Å². The Morgan fingerprint density at radius 3 is 2.44 bits per heavy atom. The van der Waals surface area contributed by atoms with E-state index in [-0.39, 0.29) is 11.8 Å². The molecule has 0 N–H and O–H groups in total. The van der Waals surface area contributed by atoms with Crippen molar-refractivity contribution in [2.45, 2.75) is 6.04 Å². The number of thiazole rings is 1. The summed E-state index contributed by atoms with van der Waals surface area (Å²) in [5.74, 6) is -0.582. The summed E-state index contributed by atoms with van der Waals surface area (Å²) in [5, 5.41) is 2.34. The Kier molecular flexibility index (Phi) is 5.25. The van der Waals surface area contributed by atoms with Crippen LogP contribution in [0.5, 0.6) is 0 Å². The fraction of sp³-hybridized carbons (Fsp3) is 0.389. The summed E-state index contributed by atoms with van der Waals surface area (Å²) in [6.45, 7) is 4.17. The lowest BCUT2D eigenvalue weighted by molar-refractivity contribution is 0.00850. The summed E-state index contributed by atoms with van der Waals surface area (Å²) in [6, 6.07) is 4.54. The van der Waals surface area contributed by atoms with Crippen LogP contribution in [0.15, 0.2) is 34.2 Å². The van der Waals surface area contributed by atoms with Crippen LogP contribution >= 0.6 is 27.3 Å². The Bertz CT molecular complexity index is 829. The predicted molar refractivity (Wildman–Crippen MR) is 103 cm³/mol. The molecular formula is C18H18BrFN4O2S. The summed E-state index contributed by atoms with van der Waals surface area (Å²) in [4.78, 5) is 34.8. The van der Waals surface area contributed by atoms with Crippen molar-refractivity contribution in [2.75, 3.05) is 39.3 Å². The molecule has 0 spiro atoms. The Balaban J connectivity index is 1.28. The van der Waals surface area contributed by atoms with E-state index in [2.05, 4.69) is 25.8 Å². The first-order chi connectivity index (χ1) is 13.0. The van der Waals surface area contributed by atoms with E-state index in [4.69, 9.17) is 0 Å². The van der Waals surface area contributed by atoms with E-state index in [1.54, 1.807) is 22.5 Å². The zero-order valence-electron chi connectivity index (χ0n) is 14.5. The number of amides is 2. The monoisotopic (exact) mass is 452 g/mol. The number of carbonyl (C=O) groups is 2. The van der Waals surface area contributed by atoms with E-state index in [1.807, 2.05) is 4.90 Å². The number of halogens is 2. The lowest BCUT2D eigenvalue weighted by atomic mass is 10.0. The fourth-order valence-electron chi connectivity index (χ4n) is 3.47. The highest BCUT2D eigenvalue weighted by Gasteiger charge is 2.37. The van der Waals surface area contributed by atoms with Crippen LogP contribution in [0.1, 0.15) is 20.2 Å². The summed E-state index contributed by atoms with van der Waals surface area (Å²) in [5.41, 5.74) is 0.360. The number of hydrogen-bond acceptors (Lipinski definition) is 5. The maximum absolute atomic E-state index is 13.5. The highest BCUT2D eigenvalue weighted by molar-refractivity contribution is 9.10. The van der Waals surface area contributed by atoms with Crippen molar-refractivity contribution in [1.29, 1.82) is 0 Å². The normalized spacial score (nSPS) is 18.4. The number of piperazine rings is 1. The highest BCUT2D eigenvalue weighted by atomic mass is 79.9. The van der Waals surface area contributed by atoms with Gasteiger partial charge in [0.25, 0.3) is 11.8 Å². The molecular weight excluding hydrogens is 435 g/mol. The van der Waals surface area contributed by atoms with Crippen LogP contribution in [-0.2, 0) is 0 Å². The van der Waals surface area contributed by atoms with Gasteiger partial charge in [0.1, 0.15) is 5.82 Å². The summed E-state index contributed by atoms with van der Waals surface area (Å²) >= 11 is 4.58. The predicted octanol–water partition coefficient (Wildman–Crippen LogP) is 2.33. The van der Waals surface area contributed by atoms with Crippen LogP contribution in [0, 0.1) is 5.82 Å². The molecule has 142 valence electrons. The van der Waals surface area contributed by atoms with Gasteiger partial charge in [0.2, 0.25) is 0 Å². The Labute approximate surface area is 168 Å². The molecule has 6 nitrogen and oxygen atoms in total. The van der Waals surface area contributed by atoms with Gasteiger partial charge in [-0.15, -0.1) is 11.3 Å². The average molecular weight is 453 g/mol. The number of benzene rings is 1. The van der Waals surface area contributed by atoms with E-state index in [0.29, 0.717) is 47.3 Å². The molecule has 2 aliphatic rings. The van der Waals surface area contributed by atoms with Gasteiger partial charge in [-0.05, 0) is 18.2 Å². The van der Waals surface area contributed by atoms with Crippen LogP contribution in [0.25, 0.3) is 0 Å². The second kappa shape index (κ2) is 7.65. The first-order valence-corrected chi connectivity index (χ1v) is 10.4. The smallest absolute Gasteiger partial charge is 0.282 e. The van der Waals surface area contributed by atoms with Crippen molar-refractivity contribution in [1.82, 2.24) is 19.7 Å². The van der Waals surface area contributed by atoms with Crippen LogP contribution in [0.3, 0.4) is 0 Å². The minimum absolute atomic E-state index is 0.00764. The molecule has 3 heterocycles. The third-order valence-electron chi connectivity index (χ3n) is 4.99. The van der Waals surface area contributed by atoms with Gasteiger partial charge in [-0.25, -0.2) is 9.37 Å². The molecule has 0 saturated carbocycles. The maximum atomic E-state index is 13.5. The SMILES string of the molecule is O=C(c1cc(F)cc(Br)c1)N1CC(N2CCN(C(=O)c3nccs3)CC2)C1. The maximum Gasteiger partial charge on any atom is 0.282 e. The second-order valence-corrected chi connectivity index (χ2v) is 8.50. The van der Waals surface area contributed by atoms with Gasteiger partial charge in [-0.1, -0.05) is 15.9 Å². The van der Waals surface area contributed by atoms with Crippen molar-refractivity contribution < 1.29 is 14.0 Å². The first-order valence-electron chi connectivity index (χ1n) is 8.69. The second-order valence-electron chi connectivity index (χ2n) is 6.69. The largest absolute Gasteiger partial charge is 0.335 e. The van der Waals surface area contributed by atoms with E-state index >= 15 is 0 Å². The van der Waals surface area contributed by atoms with Crippen LogP contribution < -0.4 is 0 Å². The molecule has 9 heteroatoms. The van der Waals surface area contributed by atoms with Gasteiger partial charge >= 0.3 is 0 Å². The highest BCUT2D eigenvalue weighted by Crippen LogP contribution is 2.22. The third-order valence-corrected chi connectivity index (χ3v) is 6.21. The number of hydrogen-bond donors (Lipinski definition) is 0. The van der Waals surface area contributed by atoms with Crippen LogP contribution in [0.4, 0.5) is 4.39 Å². The number of nitrogens with zero attached hydrogens (tertiary/aromatic N) is 4. The van der Waals surface area contributed by atoms with Crippen molar-refractivity contribution in [2.24, 2.45) is 0 Å². The molecule has 1 aromatic carbocycles. The van der Waals surface area contributed by atoms with Crippen LogP contribution in [-0.4, -0.2) is 76.8 Å². The lowest BCUT2D eigenvalue weighted by Crippen LogP contribution is -2.64. The molecule has 0 bridgehead atoms. The molecule has 2 saturated heterocycles. The van der Waals surface area contributed by atoms with Gasteiger partial charge in [-0.2, -0.15) is 0 Å². The standard InChI is InChI=1S/C18H18BrFN4O2S/c19-13-7-12(8-14(20)9-13)17(25)24-10-15(11-24)22-2-4-23(5-3-22)18(26)16-21-1-6-27-16/h1,6-9,15H,2-5,10-11H2. The lowest BCUT2D eigenvalue weighted by Gasteiger charge is -2.48. The Morgan fingerprint density at radius 1 is 1.07 bits per heavy atom. The summed E-state index contributed by atoms with van der Waals surface area (Å²) in [6.07, 6.45) is 1.64. The molecule has 2 aliphatic heterocycles. The van der Waals surface area contributed by atoms with Gasteiger partial charge in [0.15, 0.2) is 5.01 Å². The quantitative estimate of drug-likeness (QED) is 0.716. The number of likely N-dealkylation sites (tertiary alicyclic amines) is 1. The van der Waals surface area contributed by atoms with Crippen molar-refractivity contribution in [3.05, 3.63) is 50.6 Å². The third kappa shape index (κ3) is 3.90. The molecule has 4 rings (SSSR count). The molecule has 2 fully saturated rings. The fourth-order valence-corrected chi connectivity index (χ4v) is 4.53. The number of carbonyl (C=O) groups excluding carboxylic acids is 2. The van der Waals surface area contributed by atoms with E-state index in [1.165, 1.54) is 23.5 Å². The van der Waals surface area contributed by atoms with E-state index in [9.17, 15) is 14.0 Å². The Hall–Kier alpha value is -1.84. The number of rotatable bonds is 3. The average Bonchev–Trinajstić information content (AvgIpc) is 3.14. The Morgan fingerprint density at radius 2 is 1.81 bits per heavy atom. The molecule has 27 heavy (non-hydrogen) atoms. The minimum Gasteiger partial charge on any atom is -0.335 e. The van der Waals surface area contributed by atoms with Crippen molar-refractivity contribution in [3.63, 3.8) is 0 Å². The van der Waals surface area contributed by atoms with E-state index in [0.717, 1.165) is 13.1 Å². The molecule has 1 aromatic heterocycles. The van der Waals surface area contributed by atoms with Gasteiger partial charge in [0.05, 0.1) is 0 Å². The molecule has 0 aliphatic carbocycles. The topological polar surface area (TPSA) is 56.8 Å². The number of aromatic nitrogens is 1. The zero-order chi connectivity index (χ0) is 19.0. The van der Waals surface area contributed by atoms with Crippen LogP contribution in [0.2, 0.25) is 0 Å². The van der Waals surface area contributed by atoms with Crippen molar-refractivity contribution in [3.8, 4) is 0 Å². The first kappa shape index (κ1) is 18.5. The van der Waals surface area contributed by atoms with Crippen molar-refractivity contribution >= 4 is 39.1 Å². The summed E-state index contributed by atoms with van der Waals surface area (Å²) < 4.78 is 14.1. The van der Waals surface area contributed by atoms with E-state index < -0.39 is 5.82 Å². The molecule has 0 atom stereocenters. The molecule has 2 aromatic rings. The van der Waals surface area contributed by atoms with Gasteiger partial charge < -0.3 is 9.80 Å². The molecule has 0 radical (unpaired) electrons. The zero-order valence-corrected chi connectivity index (χ0v) is 16.9.